The number of aliphatic hydroxyl groups excluding tert-OH is 2. The first-order valence-electron chi connectivity index (χ1n) is 11.9. The molecule has 3 aliphatic carbocycles. The number of fused-ring (bicyclic) bond motifs is 3. The SMILES string of the molecule is CCNC(=O)CNc1ccc2c(c1O)C(O)=C1C(=O)C3(O)C(O)=C(C(N)=O)C(=O)[C@@H](N(C)C)C3CC1C2. The predicted octanol–water partition coefficient (Wildman–Crippen LogP) is -0.488. The van der Waals surface area contributed by atoms with E-state index in [2.05, 4.69) is 10.6 Å². The summed E-state index contributed by atoms with van der Waals surface area (Å²) in [4.78, 5) is 52.1. The fourth-order valence-corrected chi connectivity index (χ4v) is 5.80. The topological polar surface area (TPSA) is 203 Å². The van der Waals surface area contributed by atoms with Gasteiger partial charge in [0.05, 0.1) is 23.8 Å². The van der Waals surface area contributed by atoms with E-state index in [4.69, 9.17) is 5.73 Å². The van der Waals surface area contributed by atoms with Crippen LogP contribution < -0.4 is 16.4 Å². The molecule has 198 valence electrons. The number of carbonyl (C=O) groups excluding carboxylic acids is 4. The summed E-state index contributed by atoms with van der Waals surface area (Å²) in [6.07, 6.45) is 0.211. The molecule has 3 aliphatic rings. The highest BCUT2D eigenvalue weighted by Crippen LogP contribution is 2.53. The molecule has 0 heterocycles. The van der Waals surface area contributed by atoms with Crippen molar-refractivity contribution in [2.45, 2.75) is 31.4 Å². The molecule has 37 heavy (non-hydrogen) atoms. The minimum Gasteiger partial charge on any atom is -0.508 e. The third-order valence-corrected chi connectivity index (χ3v) is 7.41. The lowest BCUT2D eigenvalue weighted by molar-refractivity contribution is -0.153. The summed E-state index contributed by atoms with van der Waals surface area (Å²) in [6, 6.07) is 2.06. The summed E-state index contributed by atoms with van der Waals surface area (Å²) >= 11 is 0. The van der Waals surface area contributed by atoms with E-state index < -0.39 is 63.8 Å². The molecule has 0 spiro atoms. The van der Waals surface area contributed by atoms with Crippen molar-refractivity contribution in [3.63, 3.8) is 0 Å². The molecule has 1 aromatic carbocycles. The molecule has 3 unspecified atom stereocenters. The van der Waals surface area contributed by atoms with Crippen LogP contribution in [0, 0.1) is 11.8 Å². The van der Waals surface area contributed by atoms with Crippen molar-refractivity contribution in [3.8, 4) is 5.75 Å². The first-order chi connectivity index (χ1) is 17.4. The Morgan fingerprint density at radius 3 is 2.46 bits per heavy atom. The molecule has 12 nitrogen and oxygen atoms in total. The van der Waals surface area contributed by atoms with Crippen LogP contribution in [0.4, 0.5) is 5.69 Å². The van der Waals surface area contributed by atoms with Crippen molar-refractivity contribution in [2.75, 3.05) is 32.5 Å². The molecule has 0 saturated heterocycles. The number of anilines is 1. The summed E-state index contributed by atoms with van der Waals surface area (Å²) in [5.74, 6) is -7.36. The second kappa shape index (κ2) is 9.20. The quantitative estimate of drug-likeness (QED) is 0.192. The Morgan fingerprint density at radius 2 is 1.86 bits per heavy atom. The van der Waals surface area contributed by atoms with E-state index in [9.17, 15) is 39.6 Å². The lowest BCUT2D eigenvalue weighted by Gasteiger charge is -2.50. The Balaban J connectivity index is 1.83. The Morgan fingerprint density at radius 1 is 1.19 bits per heavy atom. The van der Waals surface area contributed by atoms with Gasteiger partial charge in [-0.2, -0.15) is 0 Å². The van der Waals surface area contributed by atoms with Crippen LogP contribution in [-0.2, 0) is 25.6 Å². The molecular weight excluding hydrogens is 484 g/mol. The molecule has 0 radical (unpaired) electrons. The Kier molecular flexibility index (Phi) is 6.51. The van der Waals surface area contributed by atoms with Gasteiger partial charge in [0, 0.05) is 18.0 Å². The second-order valence-electron chi connectivity index (χ2n) is 9.76. The maximum Gasteiger partial charge on any atom is 0.255 e. The Bertz CT molecular complexity index is 1280. The summed E-state index contributed by atoms with van der Waals surface area (Å²) < 4.78 is 0. The van der Waals surface area contributed by atoms with Gasteiger partial charge in [-0.3, -0.25) is 24.1 Å². The zero-order valence-electron chi connectivity index (χ0n) is 20.7. The number of nitrogens with zero attached hydrogens (tertiary/aromatic N) is 1. The van der Waals surface area contributed by atoms with Gasteiger partial charge in [0.15, 0.2) is 11.4 Å². The maximum atomic E-state index is 13.8. The molecule has 0 aliphatic heterocycles. The zero-order chi connectivity index (χ0) is 27.4. The summed E-state index contributed by atoms with van der Waals surface area (Å²) in [5, 5.41) is 49.9. The molecule has 1 saturated carbocycles. The number of aromatic hydroxyl groups is 1. The van der Waals surface area contributed by atoms with Crippen molar-refractivity contribution < 1.29 is 39.6 Å². The number of nitrogens with one attached hydrogen (secondary N) is 2. The van der Waals surface area contributed by atoms with Crippen molar-refractivity contribution in [2.24, 2.45) is 17.6 Å². The number of likely N-dealkylation sites (N-methyl/N-ethyl adjacent to an activating group) is 2. The van der Waals surface area contributed by atoms with Gasteiger partial charge < -0.3 is 36.8 Å². The second-order valence-corrected chi connectivity index (χ2v) is 9.76. The van der Waals surface area contributed by atoms with Crippen molar-refractivity contribution in [1.29, 1.82) is 0 Å². The van der Waals surface area contributed by atoms with Crippen molar-refractivity contribution in [1.82, 2.24) is 10.2 Å². The number of phenols is 1. The van der Waals surface area contributed by atoms with E-state index in [-0.39, 0.29) is 42.1 Å². The predicted molar refractivity (Wildman–Crippen MR) is 131 cm³/mol. The summed E-state index contributed by atoms with van der Waals surface area (Å²) in [7, 11) is 3.08. The number of nitrogens with two attached hydrogens (primary N) is 1. The largest absolute Gasteiger partial charge is 0.508 e. The molecule has 4 rings (SSSR count). The van der Waals surface area contributed by atoms with Crippen LogP contribution in [0.2, 0.25) is 0 Å². The number of primary amides is 1. The minimum atomic E-state index is -2.69. The molecular formula is C25H30N4O8. The van der Waals surface area contributed by atoms with Gasteiger partial charge in [-0.05, 0) is 51.4 Å². The third kappa shape index (κ3) is 3.83. The number of ketones is 2. The first kappa shape index (κ1) is 26.2. The van der Waals surface area contributed by atoms with Gasteiger partial charge in [0.25, 0.3) is 5.91 Å². The van der Waals surface area contributed by atoms with Gasteiger partial charge in [-0.15, -0.1) is 0 Å². The lowest BCUT2D eigenvalue weighted by Crippen LogP contribution is -2.65. The highest BCUT2D eigenvalue weighted by molar-refractivity contribution is 6.24. The van der Waals surface area contributed by atoms with E-state index in [0.29, 0.717) is 12.1 Å². The lowest BCUT2D eigenvalue weighted by atomic mass is 9.57. The molecule has 12 heteroatoms. The minimum absolute atomic E-state index is 0.0176. The molecule has 0 bridgehead atoms. The molecule has 1 aromatic rings. The van der Waals surface area contributed by atoms with E-state index in [0.717, 1.165) is 0 Å². The zero-order valence-corrected chi connectivity index (χ0v) is 20.7. The average molecular weight is 515 g/mol. The van der Waals surface area contributed by atoms with Crippen molar-refractivity contribution in [3.05, 3.63) is 40.2 Å². The van der Waals surface area contributed by atoms with Crippen LogP contribution in [0.1, 0.15) is 24.5 Å². The fourth-order valence-electron chi connectivity index (χ4n) is 5.80. The van der Waals surface area contributed by atoms with Gasteiger partial charge in [0.1, 0.15) is 22.8 Å². The number of Topliss-reactive ketones (excluding diaryl/α,β-unsaturated/α-hetero) is 2. The Labute approximate surface area is 212 Å². The number of amides is 2. The maximum absolute atomic E-state index is 13.8. The molecule has 1 fully saturated rings. The normalized spacial score (nSPS) is 27.0. The number of aliphatic hydroxyl groups is 3. The van der Waals surface area contributed by atoms with Crippen LogP contribution in [0.15, 0.2) is 29.0 Å². The standard InChI is InChI=1S/C25H30N4O8/c1-4-27-14(30)9-28-13-6-5-10-7-11-8-12-18(29(2)3)21(33)17(24(26)36)23(35)25(12,37)22(34)16(11)20(32)15(10)19(13)31/h5-6,11-12,18,28,31-32,35,37H,4,7-9H2,1-3H3,(H2,26,36)(H,27,30)/t11?,12?,18-,25?/m0/s1. The highest BCUT2D eigenvalue weighted by Gasteiger charge is 2.64. The molecule has 2 amide bonds. The summed E-state index contributed by atoms with van der Waals surface area (Å²) in [5.41, 5.74) is 2.16. The molecule has 8 N–H and O–H groups in total. The van der Waals surface area contributed by atoms with E-state index in [1.165, 1.54) is 4.90 Å². The monoisotopic (exact) mass is 514 g/mol. The number of hydrogen-bond acceptors (Lipinski definition) is 10. The number of phenolic OH excluding ortho intramolecular Hbond substituents is 1. The average Bonchev–Trinajstić information content (AvgIpc) is 2.80. The first-order valence-corrected chi connectivity index (χ1v) is 11.9. The van der Waals surface area contributed by atoms with Gasteiger partial charge in [-0.25, -0.2) is 0 Å². The number of rotatable bonds is 6. The molecule has 0 aromatic heterocycles. The van der Waals surface area contributed by atoms with Crippen LogP contribution in [-0.4, -0.2) is 87.5 Å². The van der Waals surface area contributed by atoms with E-state index in [1.807, 2.05) is 0 Å². The number of benzene rings is 1. The van der Waals surface area contributed by atoms with Crippen LogP contribution in [0.3, 0.4) is 0 Å². The van der Waals surface area contributed by atoms with Crippen LogP contribution in [0.5, 0.6) is 5.75 Å². The number of hydrogen-bond donors (Lipinski definition) is 7. The van der Waals surface area contributed by atoms with Gasteiger partial charge in [-0.1, -0.05) is 6.07 Å². The smallest absolute Gasteiger partial charge is 0.255 e. The third-order valence-electron chi connectivity index (χ3n) is 7.41. The Hall–Kier alpha value is -3.90. The van der Waals surface area contributed by atoms with E-state index in [1.54, 1.807) is 33.2 Å². The van der Waals surface area contributed by atoms with Crippen LogP contribution in [0.25, 0.3) is 5.76 Å². The number of carbonyl (C=O) groups is 4. The van der Waals surface area contributed by atoms with E-state index >= 15 is 0 Å². The summed E-state index contributed by atoms with van der Waals surface area (Å²) in [6.45, 7) is 2.04. The fraction of sp³-hybridized carbons (Fsp3) is 0.440. The van der Waals surface area contributed by atoms with Gasteiger partial charge in [0.2, 0.25) is 11.7 Å². The van der Waals surface area contributed by atoms with Crippen LogP contribution >= 0.6 is 0 Å². The van der Waals surface area contributed by atoms with Gasteiger partial charge >= 0.3 is 0 Å². The van der Waals surface area contributed by atoms with Crippen molar-refractivity contribution >= 4 is 34.8 Å². The molecule has 4 atom stereocenters. The highest BCUT2D eigenvalue weighted by atomic mass is 16.3.